The van der Waals surface area contributed by atoms with Crippen LogP contribution in [0.25, 0.3) is 0 Å². The van der Waals surface area contributed by atoms with Crippen molar-refractivity contribution in [1.29, 1.82) is 0 Å². The van der Waals surface area contributed by atoms with E-state index in [1.165, 1.54) is 38.5 Å². The molecule has 3 aromatic carbocycles. The molecule has 0 saturated carbocycles. The molecule has 0 amide bonds. The van der Waals surface area contributed by atoms with E-state index in [1.807, 2.05) is 0 Å². The second-order valence-corrected chi connectivity index (χ2v) is 9.54. The van der Waals surface area contributed by atoms with E-state index >= 15 is 0 Å². The molecule has 0 saturated heterocycles. The van der Waals surface area contributed by atoms with Crippen molar-refractivity contribution in [2.24, 2.45) is 0 Å². The standard InChI is InChI=1S/C21H16Cl4O5S.Na.H/c1-29-20-14(7-11(22)9-16(20)24)19(13-5-3-4-6-18(13)31(26,27)28)15-8-12(23)10-17(25)21(15)30-2;;/h3-10,19H,1-2H3,(H,26,27,28);;. The molecule has 1 N–H and O–H groups in total. The van der Waals surface area contributed by atoms with E-state index in [2.05, 4.69) is 0 Å². The first kappa shape index (κ1) is 27.6. The van der Waals surface area contributed by atoms with Crippen LogP contribution in [-0.2, 0) is 10.1 Å². The van der Waals surface area contributed by atoms with Crippen LogP contribution in [0.15, 0.2) is 53.4 Å². The predicted octanol–water partition coefficient (Wildman–Crippen LogP) is 6.10. The van der Waals surface area contributed by atoms with Gasteiger partial charge in [0.1, 0.15) is 11.5 Å². The Morgan fingerprint density at radius 3 is 1.62 bits per heavy atom. The summed E-state index contributed by atoms with van der Waals surface area (Å²) in [7, 11) is -1.74. The van der Waals surface area contributed by atoms with Crippen LogP contribution >= 0.6 is 46.4 Å². The Kier molecular flexibility index (Phi) is 9.63. The average molecular weight is 546 g/mol. The monoisotopic (exact) mass is 544 g/mol. The molecule has 11 heteroatoms. The van der Waals surface area contributed by atoms with Crippen LogP contribution in [0.3, 0.4) is 0 Å². The Morgan fingerprint density at radius 1 is 0.781 bits per heavy atom. The number of methoxy groups -OCH3 is 2. The molecule has 166 valence electrons. The van der Waals surface area contributed by atoms with Crippen molar-refractivity contribution in [2.75, 3.05) is 14.2 Å². The summed E-state index contributed by atoms with van der Waals surface area (Å²) in [6.07, 6.45) is 0. The molecule has 3 rings (SSSR count). The van der Waals surface area contributed by atoms with Gasteiger partial charge in [-0.1, -0.05) is 64.6 Å². The quantitative estimate of drug-likeness (QED) is 0.230. The van der Waals surface area contributed by atoms with Gasteiger partial charge in [-0.15, -0.1) is 0 Å². The third-order valence-corrected chi connectivity index (χ3v) is 6.54. The van der Waals surface area contributed by atoms with Gasteiger partial charge in [0.25, 0.3) is 10.1 Å². The van der Waals surface area contributed by atoms with Crippen LogP contribution in [0.4, 0.5) is 0 Å². The second-order valence-electron chi connectivity index (χ2n) is 6.47. The summed E-state index contributed by atoms with van der Waals surface area (Å²) in [5.74, 6) is -0.353. The van der Waals surface area contributed by atoms with E-state index in [0.29, 0.717) is 21.2 Å². The molecule has 0 aromatic heterocycles. The van der Waals surface area contributed by atoms with Gasteiger partial charge in [-0.3, -0.25) is 4.55 Å². The SMILES string of the molecule is COc1c(Cl)cc(Cl)cc1C(c1ccccc1S(=O)(=O)O)c1cc(Cl)cc(Cl)c1OC.[NaH]. The summed E-state index contributed by atoms with van der Waals surface area (Å²) in [6, 6.07) is 12.1. The number of rotatable bonds is 6. The molecular weight excluding hydrogens is 529 g/mol. The Morgan fingerprint density at radius 2 is 1.22 bits per heavy atom. The van der Waals surface area contributed by atoms with Crippen LogP contribution < -0.4 is 9.47 Å². The van der Waals surface area contributed by atoms with E-state index in [4.69, 9.17) is 55.9 Å². The summed E-state index contributed by atoms with van der Waals surface area (Å²) in [6.45, 7) is 0. The van der Waals surface area contributed by atoms with Crippen LogP contribution in [0.5, 0.6) is 11.5 Å². The molecule has 3 aromatic rings. The molecule has 32 heavy (non-hydrogen) atoms. The Balaban J connectivity index is 0.00000363. The first-order valence-corrected chi connectivity index (χ1v) is 11.7. The summed E-state index contributed by atoms with van der Waals surface area (Å²) in [5, 5.41) is 1.02. The molecule has 0 heterocycles. The number of hydrogen-bond donors (Lipinski definition) is 1. The molecule has 0 fully saturated rings. The van der Waals surface area contributed by atoms with Gasteiger partial charge in [0.05, 0.1) is 29.2 Å². The Labute approximate surface area is 228 Å². The van der Waals surface area contributed by atoms with E-state index in [9.17, 15) is 13.0 Å². The molecule has 5 nitrogen and oxygen atoms in total. The fraction of sp³-hybridized carbons (Fsp3) is 0.143. The van der Waals surface area contributed by atoms with Crippen molar-refractivity contribution in [1.82, 2.24) is 0 Å². The molecule has 0 radical (unpaired) electrons. The first-order chi connectivity index (χ1) is 14.6. The predicted molar refractivity (Wildman–Crippen MR) is 130 cm³/mol. The normalized spacial score (nSPS) is 11.2. The van der Waals surface area contributed by atoms with E-state index in [0.717, 1.165) is 0 Å². The van der Waals surface area contributed by atoms with E-state index in [1.54, 1.807) is 24.3 Å². The molecule has 0 aliphatic heterocycles. The topological polar surface area (TPSA) is 72.8 Å². The van der Waals surface area contributed by atoms with Crippen molar-refractivity contribution in [3.8, 4) is 11.5 Å². The van der Waals surface area contributed by atoms with Gasteiger partial charge in [0.2, 0.25) is 0 Å². The van der Waals surface area contributed by atoms with Crippen LogP contribution in [-0.4, -0.2) is 56.7 Å². The Bertz CT molecular complexity index is 1190. The molecule has 0 aliphatic carbocycles. The first-order valence-electron chi connectivity index (χ1n) is 8.70. The molecule has 0 spiro atoms. The summed E-state index contributed by atoms with van der Waals surface area (Å²) >= 11 is 25.3. The summed E-state index contributed by atoms with van der Waals surface area (Å²) in [5.41, 5.74) is 1.07. The van der Waals surface area contributed by atoms with Gasteiger partial charge in [0, 0.05) is 27.1 Å². The number of halogens is 4. The molecular formula is C21H17Cl4NaO5S. The third-order valence-electron chi connectivity index (χ3n) is 4.61. The molecule has 0 bridgehead atoms. The minimum atomic E-state index is -4.59. The third kappa shape index (κ3) is 5.69. The van der Waals surface area contributed by atoms with Gasteiger partial charge < -0.3 is 9.47 Å². The fourth-order valence-electron chi connectivity index (χ4n) is 3.48. The van der Waals surface area contributed by atoms with Crippen molar-refractivity contribution in [3.05, 3.63) is 85.3 Å². The maximum absolute atomic E-state index is 12.2. The summed E-state index contributed by atoms with van der Waals surface area (Å²) < 4.78 is 45.3. The fourth-order valence-corrected chi connectivity index (χ4v) is 5.38. The minimum absolute atomic E-state index is 0. The number of hydrogen-bond acceptors (Lipinski definition) is 4. The zero-order valence-corrected chi connectivity index (χ0v) is 20.0. The van der Waals surface area contributed by atoms with Crippen LogP contribution in [0.1, 0.15) is 22.6 Å². The molecule has 0 atom stereocenters. The Hall–Kier alpha value is -0.670. The van der Waals surface area contributed by atoms with E-state index < -0.39 is 16.0 Å². The van der Waals surface area contributed by atoms with Crippen molar-refractivity contribution < 1.29 is 22.4 Å². The van der Waals surface area contributed by atoms with E-state index in [-0.39, 0.29) is 61.6 Å². The number of benzene rings is 3. The zero-order chi connectivity index (χ0) is 22.9. The van der Waals surface area contributed by atoms with Crippen molar-refractivity contribution >= 4 is 86.1 Å². The van der Waals surface area contributed by atoms with Gasteiger partial charge >= 0.3 is 29.6 Å². The zero-order valence-electron chi connectivity index (χ0n) is 16.2. The van der Waals surface area contributed by atoms with Crippen molar-refractivity contribution in [3.63, 3.8) is 0 Å². The molecule has 0 aliphatic rings. The summed E-state index contributed by atoms with van der Waals surface area (Å²) in [4.78, 5) is -0.309. The van der Waals surface area contributed by atoms with Gasteiger partial charge in [-0.25, -0.2) is 0 Å². The number of ether oxygens (including phenoxy) is 2. The van der Waals surface area contributed by atoms with Gasteiger partial charge in [-0.2, -0.15) is 8.42 Å². The molecule has 0 unspecified atom stereocenters. The van der Waals surface area contributed by atoms with Crippen molar-refractivity contribution in [2.45, 2.75) is 10.8 Å². The second kappa shape index (κ2) is 11.2. The maximum atomic E-state index is 12.2. The van der Waals surface area contributed by atoms with Crippen LogP contribution in [0, 0.1) is 0 Å². The van der Waals surface area contributed by atoms with Gasteiger partial charge in [0.15, 0.2) is 0 Å². The van der Waals surface area contributed by atoms with Crippen LogP contribution in [0.2, 0.25) is 20.1 Å². The average Bonchev–Trinajstić information content (AvgIpc) is 2.67. The van der Waals surface area contributed by atoms with Gasteiger partial charge in [-0.05, 0) is 35.9 Å².